The molecule has 3 aromatic heterocycles. The quantitative estimate of drug-likeness (QED) is 0.578. The van der Waals surface area contributed by atoms with E-state index in [4.69, 9.17) is 0 Å². The standard InChI is InChI=1S/C21H28N6OS2/c1-6-14-7-8-16-15(9-14)10-17(30-16)20-23-24-21(26(20)4)29-11-18(28)22-19-12(2)25-27(5)13(19)3/h10,14H,6-9,11H2,1-5H3,(H,22,28). The van der Waals surface area contributed by atoms with Gasteiger partial charge in [0, 0.05) is 19.0 Å². The highest BCUT2D eigenvalue weighted by atomic mass is 32.2. The van der Waals surface area contributed by atoms with Crippen LogP contribution < -0.4 is 5.32 Å². The lowest BCUT2D eigenvalue weighted by atomic mass is 9.87. The van der Waals surface area contributed by atoms with Gasteiger partial charge in [-0.3, -0.25) is 9.48 Å². The summed E-state index contributed by atoms with van der Waals surface area (Å²) in [6.07, 6.45) is 4.88. The van der Waals surface area contributed by atoms with Crippen LogP contribution >= 0.6 is 23.1 Å². The molecule has 7 nitrogen and oxygen atoms in total. The van der Waals surface area contributed by atoms with E-state index in [9.17, 15) is 4.79 Å². The first-order valence-electron chi connectivity index (χ1n) is 10.3. The van der Waals surface area contributed by atoms with Gasteiger partial charge in [0.1, 0.15) is 0 Å². The van der Waals surface area contributed by atoms with E-state index in [0.29, 0.717) is 0 Å². The number of carbonyl (C=O) groups is 1. The van der Waals surface area contributed by atoms with Crippen LogP contribution in [0.1, 0.15) is 41.6 Å². The lowest BCUT2D eigenvalue weighted by Gasteiger charge is -2.19. The molecule has 4 rings (SSSR count). The van der Waals surface area contributed by atoms with Gasteiger partial charge < -0.3 is 9.88 Å². The fraction of sp³-hybridized carbons (Fsp3) is 0.524. The molecule has 0 aromatic carbocycles. The topological polar surface area (TPSA) is 77.6 Å². The maximum Gasteiger partial charge on any atom is 0.234 e. The number of nitrogens with zero attached hydrogens (tertiary/aromatic N) is 5. The summed E-state index contributed by atoms with van der Waals surface area (Å²) in [6, 6.07) is 2.29. The van der Waals surface area contributed by atoms with Crippen LogP contribution in [-0.2, 0) is 31.7 Å². The molecule has 3 aromatic rings. The van der Waals surface area contributed by atoms with Crippen LogP contribution in [0.4, 0.5) is 5.69 Å². The van der Waals surface area contributed by atoms with Gasteiger partial charge >= 0.3 is 0 Å². The molecule has 30 heavy (non-hydrogen) atoms. The van der Waals surface area contributed by atoms with Gasteiger partial charge in [0.25, 0.3) is 0 Å². The minimum atomic E-state index is -0.0686. The number of thioether (sulfide) groups is 1. The normalized spacial score (nSPS) is 16.0. The molecule has 1 atom stereocenters. The average Bonchev–Trinajstić information content (AvgIpc) is 3.37. The Morgan fingerprint density at radius 1 is 1.33 bits per heavy atom. The highest BCUT2D eigenvalue weighted by molar-refractivity contribution is 7.99. The van der Waals surface area contributed by atoms with Gasteiger partial charge in [-0.25, -0.2) is 0 Å². The first-order valence-corrected chi connectivity index (χ1v) is 12.1. The molecule has 1 N–H and O–H groups in total. The van der Waals surface area contributed by atoms with Crippen molar-refractivity contribution in [3.05, 3.63) is 27.9 Å². The van der Waals surface area contributed by atoms with E-state index in [1.807, 2.05) is 43.8 Å². The Kier molecular flexibility index (Phi) is 6.02. The van der Waals surface area contributed by atoms with Gasteiger partial charge in [0.15, 0.2) is 11.0 Å². The van der Waals surface area contributed by atoms with Crippen LogP contribution in [0.25, 0.3) is 10.7 Å². The van der Waals surface area contributed by atoms with E-state index in [-0.39, 0.29) is 11.7 Å². The molecule has 0 saturated carbocycles. The summed E-state index contributed by atoms with van der Waals surface area (Å²) >= 11 is 3.24. The zero-order valence-corrected chi connectivity index (χ0v) is 19.8. The van der Waals surface area contributed by atoms with Gasteiger partial charge in [-0.15, -0.1) is 21.5 Å². The summed E-state index contributed by atoms with van der Waals surface area (Å²) in [7, 11) is 3.84. The Morgan fingerprint density at radius 2 is 2.13 bits per heavy atom. The summed E-state index contributed by atoms with van der Waals surface area (Å²) in [5, 5.41) is 16.8. The van der Waals surface area contributed by atoms with Gasteiger partial charge in [0.2, 0.25) is 5.91 Å². The van der Waals surface area contributed by atoms with Crippen molar-refractivity contribution in [1.82, 2.24) is 24.5 Å². The molecular formula is C21H28N6OS2. The van der Waals surface area contributed by atoms with Crippen molar-refractivity contribution in [2.24, 2.45) is 20.0 Å². The van der Waals surface area contributed by atoms with E-state index in [1.165, 1.54) is 52.8 Å². The van der Waals surface area contributed by atoms with Crippen LogP contribution in [0.3, 0.4) is 0 Å². The molecular weight excluding hydrogens is 416 g/mol. The minimum Gasteiger partial charge on any atom is -0.322 e. The number of hydrogen-bond donors (Lipinski definition) is 1. The van der Waals surface area contributed by atoms with Gasteiger partial charge in [-0.05, 0) is 50.7 Å². The Labute approximate surface area is 185 Å². The van der Waals surface area contributed by atoms with Crippen molar-refractivity contribution in [2.75, 3.05) is 11.1 Å². The number of aryl methyl sites for hydroxylation is 3. The number of rotatable bonds is 6. The maximum atomic E-state index is 12.5. The van der Waals surface area contributed by atoms with Crippen LogP contribution in [-0.4, -0.2) is 36.2 Å². The second-order valence-corrected chi connectivity index (χ2v) is 10.0. The van der Waals surface area contributed by atoms with Crippen LogP contribution in [0.5, 0.6) is 0 Å². The molecule has 1 amide bonds. The molecule has 0 radical (unpaired) electrons. The molecule has 0 spiro atoms. The number of fused-ring (bicyclic) bond motifs is 1. The molecule has 0 bridgehead atoms. The predicted octanol–water partition coefficient (Wildman–Crippen LogP) is 4.14. The van der Waals surface area contributed by atoms with Crippen molar-refractivity contribution in [3.8, 4) is 10.7 Å². The van der Waals surface area contributed by atoms with Crippen molar-refractivity contribution >= 4 is 34.7 Å². The number of carbonyl (C=O) groups excluding carboxylic acids is 1. The second-order valence-electron chi connectivity index (χ2n) is 7.95. The summed E-state index contributed by atoms with van der Waals surface area (Å²) in [5.74, 6) is 1.89. The first-order chi connectivity index (χ1) is 14.4. The summed E-state index contributed by atoms with van der Waals surface area (Å²) < 4.78 is 3.77. The highest BCUT2D eigenvalue weighted by Crippen LogP contribution is 2.38. The third kappa shape index (κ3) is 4.05. The Hall–Kier alpha value is -2.13. The van der Waals surface area contributed by atoms with E-state index >= 15 is 0 Å². The lowest BCUT2D eigenvalue weighted by molar-refractivity contribution is -0.113. The third-order valence-electron chi connectivity index (χ3n) is 5.92. The molecule has 3 heterocycles. The highest BCUT2D eigenvalue weighted by Gasteiger charge is 2.23. The zero-order valence-electron chi connectivity index (χ0n) is 18.2. The molecule has 1 aliphatic rings. The summed E-state index contributed by atoms with van der Waals surface area (Å²) in [4.78, 5) is 15.1. The molecule has 0 saturated heterocycles. The Morgan fingerprint density at radius 3 is 2.83 bits per heavy atom. The molecule has 160 valence electrons. The summed E-state index contributed by atoms with van der Waals surface area (Å²) in [6.45, 7) is 6.12. The number of nitrogens with one attached hydrogen (secondary N) is 1. The number of anilines is 1. The average molecular weight is 445 g/mol. The smallest absolute Gasteiger partial charge is 0.234 e. The molecule has 0 aliphatic heterocycles. The van der Waals surface area contributed by atoms with Crippen LogP contribution in [0.15, 0.2) is 11.2 Å². The number of thiophene rings is 1. The van der Waals surface area contributed by atoms with E-state index in [2.05, 4.69) is 33.6 Å². The SMILES string of the molecule is CCC1CCc2sc(-c3nnc(SCC(=O)Nc4c(C)nn(C)c4C)n3C)cc2C1. The summed E-state index contributed by atoms with van der Waals surface area (Å²) in [5.41, 5.74) is 4.03. The number of amides is 1. The van der Waals surface area contributed by atoms with Gasteiger partial charge in [-0.1, -0.05) is 25.1 Å². The maximum absolute atomic E-state index is 12.5. The van der Waals surface area contributed by atoms with Crippen LogP contribution in [0.2, 0.25) is 0 Å². The fourth-order valence-electron chi connectivity index (χ4n) is 3.97. The van der Waals surface area contributed by atoms with E-state index in [1.54, 1.807) is 4.68 Å². The second kappa shape index (κ2) is 8.55. The number of hydrogen-bond acceptors (Lipinski definition) is 6. The molecule has 0 fully saturated rings. The van der Waals surface area contributed by atoms with Gasteiger partial charge in [-0.2, -0.15) is 5.10 Å². The Bertz CT molecular complexity index is 1080. The van der Waals surface area contributed by atoms with E-state index in [0.717, 1.165) is 34.0 Å². The van der Waals surface area contributed by atoms with Gasteiger partial charge in [0.05, 0.1) is 27.7 Å². The number of aromatic nitrogens is 5. The zero-order chi connectivity index (χ0) is 21.4. The van der Waals surface area contributed by atoms with E-state index < -0.39 is 0 Å². The minimum absolute atomic E-state index is 0.0686. The predicted molar refractivity (Wildman–Crippen MR) is 122 cm³/mol. The lowest BCUT2D eigenvalue weighted by Crippen LogP contribution is -2.15. The monoisotopic (exact) mass is 444 g/mol. The van der Waals surface area contributed by atoms with Crippen molar-refractivity contribution in [2.45, 2.75) is 51.6 Å². The molecule has 1 unspecified atom stereocenters. The third-order valence-corrected chi connectivity index (χ3v) is 8.18. The van der Waals surface area contributed by atoms with Crippen molar-refractivity contribution < 1.29 is 4.79 Å². The largest absolute Gasteiger partial charge is 0.322 e. The van der Waals surface area contributed by atoms with Crippen LogP contribution in [0, 0.1) is 19.8 Å². The Balaban J connectivity index is 1.43. The van der Waals surface area contributed by atoms with Crippen molar-refractivity contribution in [3.63, 3.8) is 0 Å². The molecule has 9 heteroatoms. The fourth-order valence-corrected chi connectivity index (χ4v) is 5.91. The first kappa shape index (κ1) is 21.1. The van der Waals surface area contributed by atoms with Crippen molar-refractivity contribution in [1.29, 1.82) is 0 Å². The molecule has 1 aliphatic carbocycles.